The van der Waals surface area contributed by atoms with Crippen molar-refractivity contribution in [1.82, 2.24) is 9.78 Å². The van der Waals surface area contributed by atoms with E-state index in [2.05, 4.69) is 5.10 Å². The third kappa shape index (κ3) is 2.69. The third-order valence-electron chi connectivity index (χ3n) is 4.48. The molecule has 1 saturated carbocycles. The van der Waals surface area contributed by atoms with Gasteiger partial charge in [0.25, 0.3) is 0 Å². The van der Waals surface area contributed by atoms with Crippen molar-refractivity contribution in [3.8, 4) is 5.75 Å². The number of nitrogens with zero attached hydrogens (tertiary/aromatic N) is 2. The van der Waals surface area contributed by atoms with Gasteiger partial charge in [-0.3, -0.25) is 4.68 Å². The van der Waals surface area contributed by atoms with Crippen LogP contribution in [0.1, 0.15) is 57.2 Å². The first-order valence-electron chi connectivity index (χ1n) is 7.51. The van der Waals surface area contributed by atoms with Gasteiger partial charge in [-0.1, -0.05) is 25.7 Å². The zero-order chi connectivity index (χ0) is 14.6. The molecule has 5 nitrogen and oxygen atoms in total. The van der Waals surface area contributed by atoms with E-state index in [-0.39, 0.29) is 0 Å². The SMILES string of the molecule is CCn1ncc(OC)c1C(O)C1(OC)CCCCCC1. The minimum atomic E-state index is -0.706. The molecule has 114 valence electrons. The predicted octanol–water partition coefficient (Wildman–Crippen LogP) is 2.68. The van der Waals surface area contributed by atoms with Gasteiger partial charge in [-0.2, -0.15) is 5.10 Å². The summed E-state index contributed by atoms with van der Waals surface area (Å²) in [4.78, 5) is 0. The van der Waals surface area contributed by atoms with Crippen LogP contribution in [0.5, 0.6) is 5.75 Å². The highest BCUT2D eigenvalue weighted by Gasteiger charge is 2.42. The van der Waals surface area contributed by atoms with Gasteiger partial charge in [0.05, 0.1) is 18.9 Å². The molecule has 1 N–H and O–H groups in total. The van der Waals surface area contributed by atoms with Crippen LogP contribution in [0.4, 0.5) is 0 Å². The fourth-order valence-electron chi connectivity index (χ4n) is 3.23. The maximum absolute atomic E-state index is 11.0. The topological polar surface area (TPSA) is 56.5 Å². The highest BCUT2D eigenvalue weighted by molar-refractivity contribution is 5.29. The van der Waals surface area contributed by atoms with E-state index in [4.69, 9.17) is 9.47 Å². The summed E-state index contributed by atoms with van der Waals surface area (Å²) in [6.07, 6.45) is 7.32. The quantitative estimate of drug-likeness (QED) is 0.844. The van der Waals surface area contributed by atoms with Crippen molar-refractivity contribution in [2.45, 2.75) is 63.7 Å². The van der Waals surface area contributed by atoms with Crippen LogP contribution in [0.2, 0.25) is 0 Å². The number of aliphatic hydroxyl groups excluding tert-OH is 1. The summed E-state index contributed by atoms with van der Waals surface area (Å²) in [6.45, 7) is 2.71. The second kappa shape index (κ2) is 6.59. The molecular weight excluding hydrogens is 256 g/mol. The minimum Gasteiger partial charge on any atom is -0.493 e. The van der Waals surface area contributed by atoms with Gasteiger partial charge in [0.1, 0.15) is 11.8 Å². The number of methoxy groups -OCH3 is 2. The van der Waals surface area contributed by atoms with Crippen molar-refractivity contribution >= 4 is 0 Å². The molecule has 0 aromatic carbocycles. The van der Waals surface area contributed by atoms with Crippen molar-refractivity contribution in [1.29, 1.82) is 0 Å². The van der Waals surface area contributed by atoms with Crippen LogP contribution >= 0.6 is 0 Å². The Hall–Kier alpha value is -1.07. The van der Waals surface area contributed by atoms with Crippen molar-refractivity contribution in [2.75, 3.05) is 14.2 Å². The molecule has 1 aliphatic rings. The molecule has 5 heteroatoms. The molecule has 0 saturated heterocycles. The molecule has 1 aromatic rings. The first-order chi connectivity index (χ1) is 9.68. The van der Waals surface area contributed by atoms with Crippen molar-refractivity contribution in [3.05, 3.63) is 11.9 Å². The van der Waals surface area contributed by atoms with E-state index in [0.717, 1.165) is 31.4 Å². The van der Waals surface area contributed by atoms with E-state index in [9.17, 15) is 5.11 Å². The Morgan fingerprint density at radius 1 is 1.30 bits per heavy atom. The lowest BCUT2D eigenvalue weighted by molar-refractivity contribution is -0.117. The maximum atomic E-state index is 11.0. The number of aliphatic hydroxyl groups is 1. The summed E-state index contributed by atoms with van der Waals surface area (Å²) in [6, 6.07) is 0. The van der Waals surface area contributed by atoms with Gasteiger partial charge in [0.15, 0.2) is 5.75 Å². The molecular formula is C15H26N2O3. The monoisotopic (exact) mass is 282 g/mol. The lowest BCUT2D eigenvalue weighted by Crippen LogP contribution is -2.39. The van der Waals surface area contributed by atoms with E-state index < -0.39 is 11.7 Å². The van der Waals surface area contributed by atoms with E-state index in [1.165, 1.54) is 12.8 Å². The molecule has 2 rings (SSSR count). The van der Waals surface area contributed by atoms with Crippen LogP contribution in [-0.4, -0.2) is 34.7 Å². The zero-order valence-electron chi connectivity index (χ0n) is 12.8. The van der Waals surface area contributed by atoms with E-state index in [1.807, 2.05) is 6.92 Å². The Morgan fingerprint density at radius 3 is 2.45 bits per heavy atom. The predicted molar refractivity (Wildman–Crippen MR) is 76.9 cm³/mol. The molecule has 0 bridgehead atoms. The minimum absolute atomic E-state index is 0.517. The summed E-state index contributed by atoms with van der Waals surface area (Å²) in [5.41, 5.74) is 0.218. The number of hydrogen-bond donors (Lipinski definition) is 1. The first-order valence-corrected chi connectivity index (χ1v) is 7.51. The average Bonchev–Trinajstić information content (AvgIpc) is 2.74. The summed E-state index contributed by atoms with van der Waals surface area (Å²) >= 11 is 0. The fourth-order valence-corrected chi connectivity index (χ4v) is 3.23. The van der Waals surface area contributed by atoms with Crippen molar-refractivity contribution in [3.63, 3.8) is 0 Å². The standard InChI is InChI=1S/C15H26N2O3/c1-4-17-13(12(19-2)11-16-17)14(18)15(20-3)9-7-5-6-8-10-15/h11,14,18H,4-10H2,1-3H3. The van der Waals surface area contributed by atoms with Crippen molar-refractivity contribution < 1.29 is 14.6 Å². The molecule has 1 atom stereocenters. The van der Waals surface area contributed by atoms with E-state index in [1.54, 1.807) is 25.1 Å². The fraction of sp³-hybridized carbons (Fsp3) is 0.800. The normalized spacial score (nSPS) is 20.4. The van der Waals surface area contributed by atoms with Gasteiger partial charge in [-0.25, -0.2) is 0 Å². The van der Waals surface area contributed by atoms with E-state index in [0.29, 0.717) is 12.3 Å². The Labute approximate surface area is 120 Å². The molecule has 0 amide bonds. The second-order valence-electron chi connectivity index (χ2n) is 5.50. The Balaban J connectivity index is 2.36. The van der Waals surface area contributed by atoms with Gasteiger partial charge in [0, 0.05) is 13.7 Å². The first kappa shape index (κ1) is 15.3. The summed E-state index contributed by atoms with van der Waals surface area (Å²) in [5, 5.41) is 15.3. The number of ether oxygens (including phenoxy) is 2. The van der Waals surface area contributed by atoms with Gasteiger partial charge < -0.3 is 14.6 Å². The maximum Gasteiger partial charge on any atom is 0.162 e. The summed E-state index contributed by atoms with van der Waals surface area (Å²) < 4.78 is 13.0. The molecule has 1 heterocycles. The Kier molecular flexibility index (Phi) is 5.05. The Morgan fingerprint density at radius 2 is 1.95 bits per heavy atom. The number of aryl methyl sites for hydroxylation is 1. The van der Waals surface area contributed by atoms with Crippen LogP contribution < -0.4 is 4.74 Å². The summed E-state index contributed by atoms with van der Waals surface area (Å²) in [7, 11) is 3.31. The highest BCUT2D eigenvalue weighted by Crippen LogP contribution is 2.42. The molecule has 0 spiro atoms. The van der Waals surface area contributed by atoms with E-state index >= 15 is 0 Å². The molecule has 1 aromatic heterocycles. The third-order valence-corrected chi connectivity index (χ3v) is 4.48. The largest absolute Gasteiger partial charge is 0.493 e. The van der Waals surface area contributed by atoms with Gasteiger partial charge >= 0.3 is 0 Å². The number of aromatic nitrogens is 2. The lowest BCUT2D eigenvalue weighted by atomic mass is 9.86. The van der Waals surface area contributed by atoms with Gasteiger partial charge in [0.2, 0.25) is 0 Å². The molecule has 0 aliphatic heterocycles. The van der Waals surface area contributed by atoms with Crippen molar-refractivity contribution in [2.24, 2.45) is 0 Å². The molecule has 1 unspecified atom stereocenters. The average molecular weight is 282 g/mol. The van der Waals surface area contributed by atoms with Gasteiger partial charge in [-0.05, 0) is 19.8 Å². The number of rotatable bonds is 5. The number of hydrogen-bond acceptors (Lipinski definition) is 4. The molecule has 1 aliphatic carbocycles. The van der Waals surface area contributed by atoms with Gasteiger partial charge in [-0.15, -0.1) is 0 Å². The van der Waals surface area contributed by atoms with Crippen LogP contribution in [0.15, 0.2) is 6.20 Å². The second-order valence-corrected chi connectivity index (χ2v) is 5.50. The van der Waals surface area contributed by atoms with Crippen LogP contribution in [0, 0.1) is 0 Å². The lowest BCUT2D eigenvalue weighted by Gasteiger charge is -2.36. The van der Waals surface area contributed by atoms with Crippen LogP contribution in [0.25, 0.3) is 0 Å². The summed E-state index contributed by atoms with van der Waals surface area (Å²) in [5.74, 6) is 0.639. The highest BCUT2D eigenvalue weighted by atomic mass is 16.5. The van der Waals surface area contributed by atoms with Crippen LogP contribution in [0.3, 0.4) is 0 Å². The van der Waals surface area contributed by atoms with Crippen LogP contribution in [-0.2, 0) is 11.3 Å². The smallest absolute Gasteiger partial charge is 0.162 e. The molecule has 0 radical (unpaired) electrons. The molecule has 20 heavy (non-hydrogen) atoms. The Bertz CT molecular complexity index is 401. The zero-order valence-corrected chi connectivity index (χ0v) is 12.8. The molecule has 1 fully saturated rings.